The quantitative estimate of drug-likeness (QED) is 0.462. The van der Waals surface area contributed by atoms with Crippen LogP contribution in [0.2, 0.25) is 0 Å². The summed E-state index contributed by atoms with van der Waals surface area (Å²) in [6.45, 7) is 1.79. The van der Waals surface area contributed by atoms with Crippen LogP contribution in [0, 0.1) is 6.92 Å². The molecule has 2 aromatic carbocycles. The fourth-order valence-electron chi connectivity index (χ4n) is 2.44. The van der Waals surface area contributed by atoms with Crippen molar-refractivity contribution in [3.63, 3.8) is 0 Å². The number of phenols is 1. The zero-order valence-corrected chi connectivity index (χ0v) is 15.4. The SMILES string of the molecule is Cc1cc(/C=C/c2ccc(S(=O)(=O)Nc3ccccn3)cc2)c(N)cc1O. The van der Waals surface area contributed by atoms with Crippen LogP contribution in [0.4, 0.5) is 11.5 Å². The van der Waals surface area contributed by atoms with Gasteiger partial charge in [-0.1, -0.05) is 30.4 Å². The highest BCUT2D eigenvalue weighted by Gasteiger charge is 2.14. The van der Waals surface area contributed by atoms with E-state index in [9.17, 15) is 13.5 Å². The lowest BCUT2D eigenvalue weighted by atomic mass is 10.1. The Hall–Kier alpha value is -3.32. The van der Waals surface area contributed by atoms with Crippen molar-refractivity contribution in [3.05, 3.63) is 77.5 Å². The molecule has 7 heteroatoms. The first-order chi connectivity index (χ1) is 12.8. The van der Waals surface area contributed by atoms with E-state index in [1.807, 2.05) is 12.2 Å². The van der Waals surface area contributed by atoms with E-state index < -0.39 is 10.0 Å². The molecule has 3 aromatic rings. The van der Waals surface area contributed by atoms with Crippen molar-refractivity contribution < 1.29 is 13.5 Å². The molecule has 4 N–H and O–H groups in total. The lowest BCUT2D eigenvalue weighted by Gasteiger charge is -2.07. The second kappa shape index (κ2) is 7.51. The molecule has 0 radical (unpaired) electrons. The summed E-state index contributed by atoms with van der Waals surface area (Å²) in [5.74, 6) is 0.416. The third-order valence-corrected chi connectivity index (χ3v) is 5.32. The Morgan fingerprint density at radius 1 is 1.07 bits per heavy atom. The first-order valence-electron chi connectivity index (χ1n) is 8.16. The van der Waals surface area contributed by atoms with Crippen LogP contribution in [0.3, 0.4) is 0 Å². The highest BCUT2D eigenvalue weighted by molar-refractivity contribution is 7.92. The zero-order chi connectivity index (χ0) is 19.4. The number of rotatable bonds is 5. The standard InChI is InChI=1S/C20H19N3O3S/c1-14-12-16(18(21)13-19(14)24)8-5-15-6-9-17(10-7-15)27(25,26)23-20-4-2-3-11-22-20/h2-13,24H,21H2,1H3,(H,22,23)/b8-5+. The molecule has 0 unspecified atom stereocenters. The normalized spacial score (nSPS) is 11.6. The summed E-state index contributed by atoms with van der Waals surface area (Å²) in [5.41, 5.74) is 8.69. The number of anilines is 2. The van der Waals surface area contributed by atoms with Gasteiger partial charge in [-0.15, -0.1) is 0 Å². The van der Waals surface area contributed by atoms with Crippen LogP contribution < -0.4 is 10.5 Å². The van der Waals surface area contributed by atoms with E-state index >= 15 is 0 Å². The third-order valence-electron chi connectivity index (χ3n) is 3.95. The Morgan fingerprint density at radius 3 is 2.48 bits per heavy atom. The summed E-state index contributed by atoms with van der Waals surface area (Å²) in [7, 11) is -3.70. The minimum atomic E-state index is -3.70. The van der Waals surface area contributed by atoms with Crippen LogP contribution in [0.25, 0.3) is 12.2 Å². The topological polar surface area (TPSA) is 105 Å². The fraction of sp³-hybridized carbons (Fsp3) is 0.0500. The molecule has 138 valence electrons. The molecule has 0 aliphatic rings. The molecule has 0 aliphatic carbocycles. The molecule has 1 heterocycles. The number of aromatic nitrogens is 1. The van der Waals surface area contributed by atoms with Gasteiger partial charge in [0, 0.05) is 18.0 Å². The minimum absolute atomic E-state index is 0.144. The van der Waals surface area contributed by atoms with Gasteiger partial charge in [0.15, 0.2) is 0 Å². The Morgan fingerprint density at radius 2 is 1.81 bits per heavy atom. The van der Waals surface area contributed by atoms with Gasteiger partial charge in [-0.05, 0) is 53.9 Å². The molecule has 3 rings (SSSR count). The van der Waals surface area contributed by atoms with Crippen molar-refractivity contribution in [2.45, 2.75) is 11.8 Å². The molecule has 0 saturated heterocycles. The Kier molecular flexibility index (Phi) is 5.14. The molecule has 0 fully saturated rings. The van der Waals surface area contributed by atoms with Crippen molar-refractivity contribution in [1.82, 2.24) is 4.98 Å². The summed E-state index contributed by atoms with van der Waals surface area (Å²) >= 11 is 0. The molecular weight excluding hydrogens is 362 g/mol. The van der Waals surface area contributed by atoms with Gasteiger partial charge in [0.05, 0.1) is 4.90 Å². The number of benzene rings is 2. The molecule has 0 saturated carbocycles. The average Bonchev–Trinajstić information content (AvgIpc) is 2.64. The highest BCUT2D eigenvalue weighted by atomic mass is 32.2. The van der Waals surface area contributed by atoms with Crippen LogP contribution in [-0.2, 0) is 10.0 Å². The van der Waals surface area contributed by atoms with Gasteiger partial charge in [0.2, 0.25) is 0 Å². The number of pyridine rings is 1. The average molecular weight is 381 g/mol. The maximum absolute atomic E-state index is 12.4. The fourth-order valence-corrected chi connectivity index (χ4v) is 3.45. The summed E-state index contributed by atoms with van der Waals surface area (Å²) in [6, 6.07) is 14.7. The lowest BCUT2D eigenvalue weighted by molar-refractivity contribution is 0.471. The van der Waals surface area contributed by atoms with Crippen LogP contribution in [-0.4, -0.2) is 18.5 Å². The summed E-state index contributed by atoms with van der Waals surface area (Å²) in [6.07, 6.45) is 5.16. The molecular formula is C20H19N3O3S. The van der Waals surface area contributed by atoms with Crippen LogP contribution in [0.5, 0.6) is 5.75 Å². The molecule has 1 aromatic heterocycles. The number of phenolic OH excluding ortho intramolecular Hbond substituents is 1. The first kappa shape index (κ1) is 18.5. The monoisotopic (exact) mass is 381 g/mol. The van der Waals surface area contributed by atoms with Crippen molar-refractivity contribution in [2.24, 2.45) is 0 Å². The van der Waals surface area contributed by atoms with Gasteiger partial charge in [-0.3, -0.25) is 4.72 Å². The maximum Gasteiger partial charge on any atom is 0.263 e. The largest absolute Gasteiger partial charge is 0.508 e. The second-order valence-corrected chi connectivity index (χ2v) is 7.67. The van der Waals surface area contributed by atoms with Gasteiger partial charge < -0.3 is 10.8 Å². The van der Waals surface area contributed by atoms with Crippen molar-refractivity contribution in [3.8, 4) is 5.75 Å². The van der Waals surface area contributed by atoms with Gasteiger partial charge in [-0.2, -0.15) is 0 Å². The maximum atomic E-state index is 12.4. The number of nitrogen functional groups attached to an aromatic ring is 1. The van der Waals surface area contributed by atoms with E-state index in [1.165, 1.54) is 24.4 Å². The summed E-state index contributed by atoms with van der Waals surface area (Å²) in [4.78, 5) is 4.10. The first-order valence-corrected chi connectivity index (χ1v) is 9.64. The van der Waals surface area contributed by atoms with Crippen molar-refractivity contribution in [2.75, 3.05) is 10.5 Å². The van der Waals surface area contributed by atoms with Crippen LogP contribution in [0.15, 0.2) is 65.7 Å². The Bertz CT molecular complexity index is 1080. The smallest absolute Gasteiger partial charge is 0.263 e. The molecule has 27 heavy (non-hydrogen) atoms. The van der Waals surface area contributed by atoms with E-state index in [0.29, 0.717) is 5.69 Å². The highest BCUT2D eigenvalue weighted by Crippen LogP contribution is 2.25. The van der Waals surface area contributed by atoms with Crippen molar-refractivity contribution in [1.29, 1.82) is 0 Å². The summed E-state index contributed by atoms with van der Waals surface area (Å²) < 4.78 is 27.2. The predicted octanol–water partition coefficient (Wildman–Crippen LogP) is 3.65. The number of aromatic hydroxyl groups is 1. The number of nitrogens with one attached hydrogen (secondary N) is 1. The van der Waals surface area contributed by atoms with Gasteiger partial charge in [0.25, 0.3) is 10.0 Å². The van der Waals surface area contributed by atoms with Gasteiger partial charge in [0.1, 0.15) is 11.6 Å². The molecule has 6 nitrogen and oxygen atoms in total. The summed E-state index contributed by atoms with van der Waals surface area (Å²) in [5, 5.41) is 9.65. The Labute approximate surface area is 158 Å². The third kappa shape index (κ3) is 4.45. The van der Waals surface area contributed by atoms with Gasteiger partial charge >= 0.3 is 0 Å². The van der Waals surface area contributed by atoms with E-state index in [1.54, 1.807) is 43.3 Å². The number of aryl methyl sites for hydroxylation is 1. The number of hydrogen-bond acceptors (Lipinski definition) is 5. The van der Waals surface area contributed by atoms with E-state index in [2.05, 4.69) is 9.71 Å². The zero-order valence-electron chi connectivity index (χ0n) is 14.6. The van der Waals surface area contributed by atoms with Crippen LogP contribution in [0.1, 0.15) is 16.7 Å². The number of sulfonamides is 1. The lowest BCUT2D eigenvalue weighted by Crippen LogP contribution is -2.13. The predicted molar refractivity (Wildman–Crippen MR) is 108 cm³/mol. The van der Waals surface area contributed by atoms with Crippen LogP contribution >= 0.6 is 0 Å². The minimum Gasteiger partial charge on any atom is -0.508 e. The van der Waals surface area contributed by atoms with E-state index in [-0.39, 0.29) is 16.5 Å². The molecule has 0 spiro atoms. The molecule has 0 aliphatic heterocycles. The van der Waals surface area contributed by atoms with E-state index in [0.717, 1.165) is 16.7 Å². The number of nitrogens with zero attached hydrogens (tertiary/aromatic N) is 1. The Balaban J connectivity index is 1.78. The molecule has 0 amide bonds. The van der Waals surface area contributed by atoms with E-state index in [4.69, 9.17) is 5.73 Å². The molecule has 0 bridgehead atoms. The second-order valence-electron chi connectivity index (χ2n) is 5.99. The number of nitrogens with two attached hydrogens (primary N) is 1. The van der Waals surface area contributed by atoms with Gasteiger partial charge in [-0.25, -0.2) is 13.4 Å². The van der Waals surface area contributed by atoms with Crippen molar-refractivity contribution >= 4 is 33.7 Å². The number of hydrogen-bond donors (Lipinski definition) is 3. The molecule has 0 atom stereocenters.